The van der Waals surface area contributed by atoms with E-state index in [-0.39, 0.29) is 0 Å². The molecule has 0 N–H and O–H groups in total. The van der Waals surface area contributed by atoms with E-state index >= 15 is 0 Å². The SMILES string of the molecule is CCCCCC1OCCC(CCC)S1. The van der Waals surface area contributed by atoms with Crippen molar-refractivity contribution >= 4 is 11.8 Å². The van der Waals surface area contributed by atoms with Crippen molar-refractivity contribution in [3.05, 3.63) is 0 Å². The Hall–Kier alpha value is 0.310. The molecule has 1 fully saturated rings. The lowest BCUT2D eigenvalue weighted by atomic mass is 10.2. The fraction of sp³-hybridized carbons (Fsp3) is 1.00. The lowest BCUT2D eigenvalue weighted by Crippen LogP contribution is -2.23. The summed E-state index contributed by atoms with van der Waals surface area (Å²) < 4.78 is 5.76. The second kappa shape index (κ2) is 7.58. The van der Waals surface area contributed by atoms with Gasteiger partial charge in [-0.1, -0.05) is 39.5 Å². The zero-order valence-corrected chi connectivity index (χ0v) is 10.4. The molecule has 0 aromatic carbocycles. The summed E-state index contributed by atoms with van der Waals surface area (Å²) in [6, 6.07) is 0. The van der Waals surface area contributed by atoms with Crippen molar-refractivity contribution in [2.45, 2.75) is 69.5 Å². The topological polar surface area (TPSA) is 9.23 Å². The van der Waals surface area contributed by atoms with Crippen LogP contribution in [-0.2, 0) is 4.74 Å². The van der Waals surface area contributed by atoms with Crippen LogP contribution < -0.4 is 0 Å². The Morgan fingerprint density at radius 3 is 2.71 bits per heavy atom. The van der Waals surface area contributed by atoms with Crippen LogP contribution in [0.1, 0.15) is 58.8 Å². The molecule has 2 heteroatoms. The van der Waals surface area contributed by atoms with E-state index in [2.05, 4.69) is 25.6 Å². The maximum Gasteiger partial charge on any atom is 0.103 e. The number of hydrogen-bond acceptors (Lipinski definition) is 2. The number of thioether (sulfide) groups is 1. The Morgan fingerprint density at radius 1 is 1.14 bits per heavy atom. The van der Waals surface area contributed by atoms with Gasteiger partial charge in [-0.2, -0.15) is 0 Å². The summed E-state index contributed by atoms with van der Waals surface area (Å²) in [7, 11) is 0. The van der Waals surface area contributed by atoms with Crippen LogP contribution in [0.15, 0.2) is 0 Å². The third-order valence-electron chi connectivity index (χ3n) is 2.74. The molecular formula is C12H24OS. The minimum absolute atomic E-state index is 0.506. The Kier molecular flexibility index (Phi) is 6.70. The van der Waals surface area contributed by atoms with Gasteiger partial charge < -0.3 is 4.74 Å². The molecule has 14 heavy (non-hydrogen) atoms. The first-order valence-electron chi connectivity index (χ1n) is 6.13. The Labute approximate surface area is 93.0 Å². The lowest BCUT2D eigenvalue weighted by Gasteiger charge is -2.29. The molecule has 84 valence electrons. The number of rotatable bonds is 6. The van der Waals surface area contributed by atoms with E-state index in [1.165, 1.54) is 44.9 Å². The van der Waals surface area contributed by atoms with E-state index < -0.39 is 0 Å². The van der Waals surface area contributed by atoms with Crippen LogP contribution in [0.25, 0.3) is 0 Å². The smallest absolute Gasteiger partial charge is 0.103 e. The van der Waals surface area contributed by atoms with Gasteiger partial charge in [0, 0.05) is 11.9 Å². The molecule has 0 aromatic rings. The van der Waals surface area contributed by atoms with Crippen LogP contribution in [0.4, 0.5) is 0 Å². The molecule has 1 heterocycles. The predicted octanol–water partition coefficient (Wildman–Crippen LogP) is 4.22. The van der Waals surface area contributed by atoms with Gasteiger partial charge in [-0.3, -0.25) is 0 Å². The molecule has 1 aliphatic heterocycles. The Bertz CT molecular complexity index is 136. The average molecular weight is 216 g/mol. The molecule has 1 aliphatic rings. The molecule has 1 rings (SSSR count). The molecule has 0 aliphatic carbocycles. The average Bonchev–Trinajstić information content (AvgIpc) is 2.19. The molecule has 0 saturated carbocycles. The van der Waals surface area contributed by atoms with E-state index in [0.29, 0.717) is 5.44 Å². The van der Waals surface area contributed by atoms with Gasteiger partial charge in [0.15, 0.2) is 0 Å². The molecule has 0 amide bonds. The zero-order chi connectivity index (χ0) is 10.2. The second-order valence-corrected chi connectivity index (χ2v) is 5.60. The van der Waals surface area contributed by atoms with Gasteiger partial charge in [-0.15, -0.1) is 11.8 Å². The molecule has 1 nitrogen and oxygen atoms in total. The van der Waals surface area contributed by atoms with E-state index in [1.54, 1.807) is 0 Å². The largest absolute Gasteiger partial charge is 0.368 e. The minimum atomic E-state index is 0.506. The van der Waals surface area contributed by atoms with Crippen LogP contribution in [0.3, 0.4) is 0 Å². The summed E-state index contributed by atoms with van der Waals surface area (Å²) in [4.78, 5) is 0. The number of hydrogen-bond donors (Lipinski definition) is 0. The monoisotopic (exact) mass is 216 g/mol. The normalized spacial score (nSPS) is 27.9. The molecule has 1 saturated heterocycles. The highest BCUT2D eigenvalue weighted by Crippen LogP contribution is 2.32. The number of ether oxygens (including phenoxy) is 1. The Morgan fingerprint density at radius 2 is 2.00 bits per heavy atom. The van der Waals surface area contributed by atoms with Gasteiger partial charge in [-0.05, 0) is 19.3 Å². The first-order chi connectivity index (χ1) is 6.86. The van der Waals surface area contributed by atoms with Gasteiger partial charge in [0.05, 0.1) is 0 Å². The summed E-state index contributed by atoms with van der Waals surface area (Å²) in [5, 5.41) is 0.875. The molecule has 2 unspecified atom stereocenters. The molecule has 0 radical (unpaired) electrons. The van der Waals surface area contributed by atoms with E-state index in [9.17, 15) is 0 Å². The second-order valence-electron chi connectivity index (χ2n) is 4.13. The van der Waals surface area contributed by atoms with Crippen molar-refractivity contribution in [1.29, 1.82) is 0 Å². The third kappa shape index (κ3) is 4.70. The number of unbranched alkanes of at least 4 members (excludes halogenated alkanes) is 2. The standard InChI is InChI=1S/C12H24OS/c1-3-5-6-8-12-13-10-9-11(14-12)7-4-2/h11-12H,3-10H2,1-2H3. The summed E-state index contributed by atoms with van der Waals surface area (Å²) in [5.41, 5.74) is 0.506. The van der Waals surface area contributed by atoms with Crippen molar-refractivity contribution in [2.24, 2.45) is 0 Å². The van der Waals surface area contributed by atoms with E-state index in [4.69, 9.17) is 4.74 Å². The summed E-state index contributed by atoms with van der Waals surface area (Å²) in [6.07, 6.45) is 9.24. The lowest BCUT2D eigenvalue weighted by molar-refractivity contribution is 0.0918. The van der Waals surface area contributed by atoms with Crippen molar-refractivity contribution in [3.63, 3.8) is 0 Å². The van der Waals surface area contributed by atoms with Crippen molar-refractivity contribution in [2.75, 3.05) is 6.61 Å². The summed E-state index contributed by atoms with van der Waals surface area (Å²) >= 11 is 2.08. The van der Waals surface area contributed by atoms with Crippen molar-refractivity contribution in [3.8, 4) is 0 Å². The van der Waals surface area contributed by atoms with Crippen LogP contribution in [-0.4, -0.2) is 17.3 Å². The zero-order valence-electron chi connectivity index (χ0n) is 9.63. The van der Waals surface area contributed by atoms with Gasteiger partial charge in [0.25, 0.3) is 0 Å². The van der Waals surface area contributed by atoms with Crippen molar-refractivity contribution < 1.29 is 4.74 Å². The maximum atomic E-state index is 5.76. The fourth-order valence-corrected chi connectivity index (χ4v) is 3.41. The van der Waals surface area contributed by atoms with E-state index in [0.717, 1.165) is 11.9 Å². The maximum absolute atomic E-state index is 5.76. The highest BCUT2D eigenvalue weighted by atomic mass is 32.2. The van der Waals surface area contributed by atoms with Crippen LogP contribution in [0.5, 0.6) is 0 Å². The third-order valence-corrected chi connectivity index (χ3v) is 4.27. The first-order valence-corrected chi connectivity index (χ1v) is 7.08. The molecule has 0 bridgehead atoms. The van der Waals surface area contributed by atoms with Crippen LogP contribution in [0.2, 0.25) is 0 Å². The van der Waals surface area contributed by atoms with Gasteiger partial charge in [0.2, 0.25) is 0 Å². The van der Waals surface area contributed by atoms with Crippen LogP contribution >= 0.6 is 11.8 Å². The first kappa shape index (κ1) is 12.4. The summed E-state index contributed by atoms with van der Waals surface area (Å²) in [6.45, 7) is 5.53. The van der Waals surface area contributed by atoms with Gasteiger partial charge in [0.1, 0.15) is 5.44 Å². The van der Waals surface area contributed by atoms with Gasteiger partial charge in [-0.25, -0.2) is 0 Å². The molecule has 2 atom stereocenters. The molecule has 0 aromatic heterocycles. The van der Waals surface area contributed by atoms with Crippen molar-refractivity contribution in [1.82, 2.24) is 0 Å². The minimum Gasteiger partial charge on any atom is -0.368 e. The quantitative estimate of drug-likeness (QED) is 0.615. The fourth-order valence-electron chi connectivity index (χ4n) is 1.90. The van der Waals surface area contributed by atoms with E-state index in [1.807, 2.05) is 0 Å². The molecular weight excluding hydrogens is 192 g/mol. The molecule has 0 spiro atoms. The summed E-state index contributed by atoms with van der Waals surface area (Å²) in [5.74, 6) is 0. The van der Waals surface area contributed by atoms with Gasteiger partial charge >= 0.3 is 0 Å². The van der Waals surface area contributed by atoms with Crippen LogP contribution in [0, 0.1) is 0 Å². The Balaban J connectivity index is 2.12. The highest BCUT2D eigenvalue weighted by molar-refractivity contribution is 8.00. The highest BCUT2D eigenvalue weighted by Gasteiger charge is 2.21. The predicted molar refractivity (Wildman–Crippen MR) is 64.8 cm³/mol.